The predicted octanol–water partition coefficient (Wildman–Crippen LogP) is 1.61. The highest BCUT2D eigenvalue weighted by Gasteiger charge is 2.18. The van der Waals surface area contributed by atoms with E-state index in [1.807, 2.05) is 4.68 Å². The molecule has 92 valence electrons. The van der Waals surface area contributed by atoms with E-state index in [9.17, 15) is 0 Å². The summed E-state index contributed by atoms with van der Waals surface area (Å²) in [7, 11) is 0. The van der Waals surface area contributed by atoms with Crippen LogP contribution in [0.25, 0.3) is 0 Å². The lowest BCUT2D eigenvalue weighted by Crippen LogP contribution is -2.24. The minimum absolute atomic E-state index is 0.245. The maximum absolute atomic E-state index is 4.05. The lowest BCUT2D eigenvalue weighted by atomic mass is 9.90. The summed E-state index contributed by atoms with van der Waals surface area (Å²) in [6.07, 6.45) is 2.25. The summed E-state index contributed by atoms with van der Waals surface area (Å²) in [4.78, 5) is 0. The van der Waals surface area contributed by atoms with Crippen molar-refractivity contribution in [3.8, 4) is 0 Å². The van der Waals surface area contributed by atoms with E-state index in [-0.39, 0.29) is 5.41 Å². The Morgan fingerprint density at radius 2 is 2.06 bits per heavy atom. The second kappa shape index (κ2) is 5.94. The summed E-state index contributed by atoms with van der Waals surface area (Å²) >= 11 is 0. The molecule has 5 nitrogen and oxygen atoms in total. The molecule has 0 aliphatic rings. The molecule has 0 atom stereocenters. The molecule has 0 saturated heterocycles. The number of hydrogen-bond acceptors (Lipinski definition) is 4. The monoisotopic (exact) mass is 225 g/mol. The Labute approximate surface area is 97.6 Å². The molecule has 1 rings (SSSR count). The van der Waals surface area contributed by atoms with Crippen LogP contribution < -0.4 is 5.32 Å². The molecule has 0 radical (unpaired) electrons. The fourth-order valence-electron chi connectivity index (χ4n) is 1.37. The van der Waals surface area contributed by atoms with E-state index >= 15 is 0 Å². The van der Waals surface area contributed by atoms with Crippen LogP contribution in [0.15, 0.2) is 0 Å². The Morgan fingerprint density at radius 3 is 2.69 bits per heavy atom. The van der Waals surface area contributed by atoms with E-state index in [1.54, 1.807) is 0 Å². The van der Waals surface area contributed by atoms with Gasteiger partial charge in [-0.25, -0.2) is 4.68 Å². The van der Waals surface area contributed by atoms with Crippen molar-refractivity contribution in [2.45, 2.75) is 53.6 Å². The summed E-state index contributed by atoms with van der Waals surface area (Å²) in [6.45, 7) is 11.4. The molecule has 0 amide bonds. The smallest absolute Gasteiger partial charge is 0.165 e. The first-order valence-corrected chi connectivity index (χ1v) is 6.05. The second-order valence-electron chi connectivity index (χ2n) is 4.95. The molecule has 0 spiro atoms. The zero-order valence-electron chi connectivity index (χ0n) is 10.8. The molecule has 5 heteroatoms. The van der Waals surface area contributed by atoms with Crippen LogP contribution in [0, 0.1) is 5.41 Å². The van der Waals surface area contributed by atoms with E-state index in [0.29, 0.717) is 0 Å². The molecule has 0 bridgehead atoms. The van der Waals surface area contributed by atoms with Gasteiger partial charge in [0.15, 0.2) is 5.82 Å². The summed E-state index contributed by atoms with van der Waals surface area (Å²) < 4.78 is 1.91. The third kappa shape index (κ3) is 3.89. The van der Waals surface area contributed by atoms with Crippen LogP contribution in [-0.4, -0.2) is 26.8 Å². The topological polar surface area (TPSA) is 55.6 Å². The Bertz CT molecular complexity index is 305. The molecule has 0 aliphatic heterocycles. The third-order valence-electron chi connectivity index (χ3n) is 2.85. The molecule has 0 fully saturated rings. The molecule has 1 aromatic rings. The predicted molar refractivity (Wildman–Crippen MR) is 63.9 cm³/mol. The third-order valence-corrected chi connectivity index (χ3v) is 2.85. The van der Waals surface area contributed by atoms with Crippen molar-refractivity contribution in [3.63, 3.8) is 0 Å². The Morgan fingerprint density at radius 1 is 1.31 bits per heavy atom. The average molecular weight is 225 g/mol. The van der Waals surface area contributed by atoms with Gasteiger partial charge in [-0.15, -0.1) is 5.10 Å². The molecule has 1 heterocycles. The minimum Gasteiger partial charge on any atom is -0.310 e. The first kappa shape index (κ1) is 13.1. The van der Waals surface area contributed by atoms with Gasteiger partial charge in [0.25, 0.3) is 0 Å². The quantitative estimate of drug-likeness (QED) is 0.716. The van der Waals surface area contributed by atoms with Crippen LogP contribution in [0.2, 0.25) is 0 Å². The van der Waals surface area contributed by atoms with Crippen molar-refractivity contribution in [3.05, 3.63) is 5.82 Å². The lowest BCUT2D eigenvalue weighted by molar-refractivity contribution is 0.272. The fraction of sp³-hybridized carbons (Fsp3) is 0.909. The van der Waals surface area contributed by atoms with Gasteiger partial charge in [0.05, 0.1) is 6.54 Å². The zero-order valence-corrected chi connectivity index (χ0v) is 10.8. The SMILES string of the molecule is CCCNCc1nnnn1CC(C)(C)CC. The number of hydrogen-bond donors (Lipinski definition) is 1. The van der Waals surface area contributed by atoms with E-state index in [1.165, 1.54) is 0 Å². The molecule has 16 heavy (non-hydrogen) atoms. The average Bonchev–Trinajstić information content (AvgIpc) is 2.66. The lowest BCUT2D eigenvalue weighted by Gasteiger charge is -2.22. The number of aromatic nitrogens is 4. The molecule has 0 aliphatic carbocycles. The summed E-state index contributed by atoms with van der Waals surface area (Å²) in [5.41, 5.74) is 0.245. The van der Waals surface area contributed by atoms with Gasteiger partial charge < -0.3 is 5.32 Å². The van der Waals surface area contributed by atoms with Gasteiger partial charge in [0, 0.05) is 6.54 Å². The van der Waals surface area contributed by atoms with Crippen LogP contribution >= 0.6 is 0 Å². The van der Waals surface area contributed by atoms with Crippen molar-refractivity contribution >= 4 is 0 Å². The van der Waals surface area contributed by atoms with Crippen molar-refractivity contribution in [1.29, 1.82) is 0 Å². The van der Waals surface area contributed by atoms with Crippen LogP contribution in [0.4, 0.5) is 0 Å². The summed E-state index contributed by atoms with van der Waals surface area (Å²) in [6, 6.07) is 0. The highest BCUT2D eigenvalue weighted by Crippen LogP contribution is 2.21. The van der Waals surface area contributed by atoms with Gasteiger partial charge in [-0.3, -0.25) is 0 Å². The first-order chi connectivity index (χ1) is 7.59. The van der Waals surface area contributed by atoms with Gasteiger partial charge in [0.2, 0.25) is 0 Å². The number of tetrazole rings is 1. The van der Waals surface area contributed by atoms with Crippen LogP contribution in [0.5, 0.6) is 0 Å². The molecule has 1 N–H and O–H groups in total. The normalized spacial score (nSPS) is 12.0. The zero-order chi connectivity index (χ0) is 12.0. The first-order valence-electron chi connectivity index (χ1n) is 6.05. The van der Waals surface area contributed by atoms with Gasteiger partial charge in [-0.05, 0) is 35.2 Å². The number of nitrogens with one attached hydrogen (secondary N) is 1. The molecule has 1 aromatic heterocycles. The largest absolute Gasteiger partial charge is 0.310 e. The molecule has 0 unspecified atom stereocenters. The minimum atomic E-state index is 0.245. The number of nitrogens with zero attached hydrogens (tertiary/aromatic N) is 4. The van der Waals surface area contributed by atoms with Gasteiger partial charge in [-0.2, -0.15) is 0 Å². The maximum atomic E-state index is 4.05. The van der Waals surface area contributed by atoms with Gasteiger partial charge >= 0.3 is 0 Å². The van der Waals surface area contributed by atoms with Crippen molar-refractivity contribution in [2.75, 3.05) is 6.54 Å². The van der Waals surface area contributed by atoms with E-state index < -0.39 is 0 Å². The maximum Gasteiger partial charge on any atom is 0.165 e. The van der Waals surface area contributed by atoms with Gasteiger partial charge in [0.1, 0.15) is 0 Å². The molecule has 0 saturated carbocycles. The molecular formula is C11H23N5. The number of rotatable bonds is 7. The van der Waals surface area contributed by atoms with E-state index in [4.69, 9.17) is 0 Å². The van der Waals surface area contributed by atoms with Crippen molar-refractivity contribution in [2.24, 2.45) is 5.41 Å². The second-order valence-corrected chi connectivity index (χ2v) is 4.95. The van der Waals surface area contributed by atoms with Crippen LogP contribution in [0.1, 0.15) is 46.4 Å². The fourth-order valence-corrected chi connectivity index (χ4v) is 1.37. The molecular weight excluding hydrogens is 202 g/mol. The van der Waals surface area contributed by atoms with Crippen molar-refractivity contribution in [1.82, 2.24) is 25.5 Å². The summed E-state index contributed by atoms with van der Waals surface area (Å²) in [5, 5.41) is 15.2. The standard InChI is InChI=1S/C11H23N5/c1-5-7-12-8-10-13-14-15-16(10)9-11(3,4)6-2/h12H,5-9H2,1-4H3. The van der Waals surface area contributed by atoms with Crippen LogP contribution in [-0.2, 0) is 13.1 Å². The summed E-state index contributed by atoms with van der Waals surface area (Å²) in [5.74, 6) is 0.926. The highest BCUT2D eigenvalue weighted by atomic mass is 15.5. The van der Waals surface area contributed by atoms with E-state index in [2.05, 4.69) is 48.5 Å². The Hall–Kier alpha value is -0.970. The van der Waals surface area contributed by atoms with E-state index in [0.717, 1.165) is 38.3 Å². The Balaban J connectivity index is 2.56. The van der Waals surface area contributed by atoms with Crippen LogP contribution in [0.3, 0.4) is 0 Å². The molecule has 0 aromatic carbocycles. The van der Waals surface area contributed by atoms with Gasteiger partial charge in [-0.1, -0.05) is 27.7 Å². The highest BCUT2D eigenvalue weighted by molar-refractivity contribution is 4.82. The Kier molecular flexibility index (Phi) is 4.86. The van der Waals surface area contributed by atoms with Crippen molar-refractivity contribution < 1.29 is 0 Å².